The SMILES string of the molecule is CC[S@@](=O)c1cc(OC(C)(C)C#N)cnc1/C(N)=N/OS(=O)(=O)c1ccc([N+](=O)[O-])cc1. The van der Waals surface area contributed by atoms with Crippen molar-refractivity contribution in [3.05, 3.63) is 52.3 Å². The van der Waals surface area contributed by atoms with E-state index in [1.807, 2.05) is 6.07 Å². The molecule has 0 saturated heterocycles. The number of nitriles is 1. The topological polar surface area (TPSA) is 188 Å². The molecule has 1 aromatic carbocycles. The average Bonchev–Trinajstić information content (AvgIpc) is 2.76. The van der Waals surface area contributed by atoms with Crippen LogP contribution in [0.1, 0.15) is 26.5 Å². The summed E-state index contributed by atoms with van der Waals surface area (Å²) < 4.78 is 47.1. The largest absolute Gasteiger partial charge is 0.471 e. The zero-order valence-corrected chi connectivity index (χ0v) is 18.8. The van der Waals surface area contributed by atoms with Gasteiger partial charge in [0.25, 0.3) is 5.69 Å². The number of aromatic nitrogens is 1. The number of nitro benzene ring substituents is 1. The van der Waals surface area contributed by atoms with E-state index in [0.29, 0.717) is 0 Å². The van der Waals surface area contributed by atoms with Crippen molar-refractivity contribution in [1.29, 1.82) is 5.26 Å². The molecule has 2 rings (SSSR count). The molecule has 0 spiro atoms. The third kappa shape index (κ3) is 5.99. The molecule has 14 heteroatoms. The van der Waals surface area contributed by atoms with Gasteiger partial charge in [0.2, 0.25) is 0 Å². The second kappa shape index (κ2) is 9.71. The lowest BCUT2D eigenvalue weighted by molar-refractivity contribution is -0.384. The molecule has 0 unspecified atom stereocenters. The molecule has 0 radical (unpaired) electrons. The summed E-state index contributed by atoms with van der Waals surface area (Å²) in [6, 6.07) is 7.28. The first-order valence-corrected chi connectivity index (χ1v) is 11.6. The monoisotopic (exact) mass is 481 g/mol. The van der Waals surface area contributed by atoms with Crippen LogP contribution in [0, 0.1) is 21.4 Å². The van der Waals surface area contributed by atoms with Crippen LogP contribution in [0.25, 0.3) is 0 Å². The molecule has 2 aromatic rings. The number of rotatable bonds is 9. The maximum Gasteiger partial charge on any atom is 0.358 e. The summed E-state index contributed by atoms with van der Waals surface area (Å²) >= 11 is 0. The van der Waals surface area contributed by atoms with Crippen LogP contribution in [-0.2, 0) is 25.2 Å². The molecule has 1 heterocycles. The third-order valence-corrected chi connectivity index (χ3v) is 6.24. The highest BCUT2D eigenvalue weighted by Crippen LogP contribution is 2.23. The van der Waals surface area contributed by atoms with Crippen molar-refractivity contribution in [3.63, 3.8) is 0 Å². The maximum absolute atomic E-state index is 12.5. The molecule has 1 atom stereocenters. The average molecular weight is 482 g/mol. The minimum absolute atomic E-state index is 0.0915. The van der Waals surface area contributed by atoms with Gasteiger partial charge in [-0.25, -0.2) is 4.98 Å². The first-order valence-electron chi connectivity index (χ1n) is 8.91. The number of ether oxygens (including phenoxy) is 1. The smallest absolute Gasteiger partial charge is 0.358 e. The number of nitrogens with two attached hydrogens (primary N) is 1. The Morgan fingerprint density at radius 2 is 2.00 bits per heavy atom. The fraction of sp³-hybridized carbons (Fsp3) is 0.278. The molecule has 2 N–H and O–H groups in total. The third-order valence-electron chi connectivity index (χ3n) is 3.79. The normalized spacial score (nSPS) is 13.1. The van der Waals surface area contributed by atoms with E-state index in [-0.39, 0.29) is 32.7 Å². The predicted molar refractivity (Wildman–Crippen MR) is 114 cm³/mol. The Balaban J connectivity index is 2.36. The molecule has 0 amide bonds. The van der Waals surface area contributed by atoms with Gasteiger partial charge in [0.15, 0.2) is 11.4 Å². The molecule has 0 aliphatic heterocycles. The van der Waals surface area contributed by atoms with Gasteiger partial charge in [-0.2, -0.15) is 13.7 Å². The van der Waals surface area contributed by atoms with Gasteiger partial charge < -0.3 is 10.5 Å². The Labute approximate surface area is 186 Å². The van der Waals surface area contributed by atoms with Crippen molar-refractivity contribution in [2.75, 3.05) is 5.75 Å². The summed E-state index contributed by atoms with van der Waals surface area (Å²) in [4.78, 5) is 13.8. The molecule has 12 nitrogen and oxygen atoms in total. The molecule has 32 heavy (non-hydrogen) atoms. The predicted octanol–water partition coefficient (Wildman–Crippen LogP) is 1.82. The standard InChI is InChI=1S/C18H19N5O7S2/c1-4-31(26)15-9-13(29-18(2,3)11-19)10-21-16(15)17(20)22-30-32(27,28)14-7-5-12(6-8-14)23(24)25/h5-10H,4H2,1-3H3,(H2,20,22)/t31-/m1/s1. The van der Waals surface area contributed by atoms with Gasteiger partial charge in [0.05, 0.1) is 26.8 Å². The van der Waals surface area contributed by atoms with E-state index in [4.69, 9.17) is 15.7 Å². The van der Waals surface area contributed by atoms with Crippen molar-refractivity contribution in [1.82, 2.24) is 4.98 Å². The summed E-state index contributed by atoms with van der Waals surface area (Å²) in [6.07, 6.45) is 1.22. The van der Waals surface area contributed by atoms with E-state index in [1.54, 1.807) is 6.92 Å². The van der Waals surface area contributed by atoms with Crippen molar-refractivity contribution in [3.8, 4) is 11.8 Å². The summed E-state index contributed by atoms with van der Waals surface area (Å²) in [6.45, 7) is 4.71. The van der Waals surface area contributed by atoms with Gasteiger partial charge in [-0.3, -0.25) is 18.6 Å². The van der Waals surface area contributed by atoms with E-state index in [9.17, 15) is 22.7 Å². The Morgan fingerprint density at radius 3 is 2.53 bits per heavy atom. The Kier molecular flexibility index (Phi) is 7.49. The van der Waals surface area contributed by atoms with Crippen LogP contribution < -0.4 is 10.5 Å². The molecule has 1 aromatic heterocycles. The quantitative estimate of drug-likeness (QED) is 0.239. The summed E-state index contributed by atoms with van der Waals surface area (Å²) in [5.74, 6) is -0.127. The van der Waals surface area contributed by atoms with Crippen molar-refractivity contribution in [2.24, 2.45) is 10.9 Å². The van der Waals surface area contributed by atoms with Gasteiger partial charge in [-0.05, 0) is 31.1 Å². The second-order valence-corrected chi connectivity index (χ2v) is 9.87. The summed E-state index contributed by atoms with van der Waals surface area (Å²) in [5.41, 5.74) is 4.26. The first kappa shape index (κ1) is 24.7. The van der Waals surface area contributed by atoms with E-state index in [2.05, 4.69) is 14.4 Å². The maximum atomic E-state index is 12.5. The lowest BCUT2D eigenvalue weighted by Gasteiger charge is -2.19. The molecule has 170 valence electrons. The zero-order chi connectivity index (χ0) is 24.1. The Hall–Kier alpha value is -3.57. The van der Waals surface area contributed by atoms with Gasteiger partial charge in [0, 0.05) is 24.0 Å². The van der Waals surface area contributed by atoms with Gasteiger partial charge >= 0.3 is 10.1 Å². The summed E-state index contributed by atoms with van der Waals surface area (Å²) in [7, 11) is -6.02. The van der Waals surface area contributed by atoms with Crippen LogP contribution in [0.4, 0.5) is 5.69 Å². The molecule has 0 bridgehead atoms. The highest BCUT2D eigenvalue weighted by molar-refractivity contribution is 7.86. The van der Waals surface area contributed by atoms with Crippen molar-refractivity contribution < 1.29 is 26.6 Å². The summed E-state index contributed by atoms with van der Waals surface area (Å²) in [5, 5.41) is 23.2. The zero-order valence-electron chi connectivity index (χ0n) is 17.2. The number of nitro groups is 1. The Morgan fingerprint density at radius 1 is 1.38 bits per heavy atom. The molecule has 0 fully saturated rings. The number of amidine groups is 1. The van der Waals surface area contributed by atoms with E-state index >= 15 is 0 Å². The van der Waals surface area contributed by atoms with Gasteiger partial charge in [-0.15, -0.1) is 0 Å². The number of benzene rings is 1. The number of pyridine rings is 1. The number of hydrogen-bond donors (Lipinski definition) is 1. The van der Waals surface area contributed by atoms with Crippen molar-refractivity contribution in [2.45, 2.75) is 36.2 Å². The molecule has 0 saturated carbocycles. The van der Waals surface area contributed by atoms with Crippen LogP contribution in [0.3, 0.4) is 0 Å². The fourth-order valence-corrected chi connectivity index (χ4v) is 3.90. The van der Waals surface area contributed by atoms with E-state index in [1.165, 1.54) is 26.1 Å². The second-order valence-electron chi connectivity index (χ2n) is 6.63. The lowest BCUT2D eigenvalue weighted by atomic mass is 10.2. The van der Waals surface area contributed by atoms with Crippen LogP contribution in [0.5, 0.6) is 5.75 Å². The molecular formula is C18H19N5O7S2. The first-order chi connectivity index (χ1) is 14.9. The molecule has 0 aliphatic carbocycles. The molecular weight excluding hydrogens is 462 g/mol. The number of oxime groups is 1. The van der Waals surface area contributed by atoms with Crippen LogP contribution in [-0.4, -0.2) is 39.7 Å². The highest BCUT2D eigenvalue weighted by Gasteiger charge is 2.23. The van der Waals surface area contributed by atoms with Gasteiger partial charge in [0.1, 0.15) is 22.4 Å². The molecule has 0 aliphatic rings. The number of hydrogen-bond acceptors (Lipinski definition) is 10. The fourth-order valence-electron chi connectivity index (χ4n) is 2.23. The van der Waals surface area contributed by atoms with Crippen LogP contribution in [0.15, 0.2) is 51.5 Å². The minimum Gasteiger partial charge on any atom is -0.471 e. The van der Waals surface area contributed by atoms with Gasteiger partial charge in [-0.1, -0.05) is 6.92 Å². The van der Waals surface area contributed by atoms with E-state index < -0.39 is 37.3 Å². The number of non-ortho nitro benzene ring substituents is 1. The number of nitrogens with zero attached hydrogens (tertiary/aromatic N) is 4. The Bertz CT molecular complexity index is 1220. The van der Waals surface area contributed by atoms with E-state index in [0.717, 1.165) is 24.3 Å². The van der Waals surface area contributed by atoms with Crippen LogP contribution in [0.2, 0.25) is 0 Å². The lowest BCUT2D eigenvalue weighted by Crippen LogP contribution is -2.26. The van der Waals surface area contributed by atoms with Crippen molar-refractivity contribution >= 4 is 32.4 Å². The van der Waals surface area contributed by atoms with Crippen LogP contribution >= 0.6 is 0 Å². The highest BCUT2D eigenvalue weighted by atomic mass is 32.2. The minimum atomic E-state index is -4.43.